The van der Waals surface area contributed by atoms with Gasteiger partial charge in [-0.1, -0.05) is 32.0 Å². The van der Waals surface area contributed by atoms with Crippen LogP contribution >= 0.6 is 0 Å². The third-order valence-electron chi connectivity index (χ3n) is 8.80. The van der Waals surface area contributed by atoms with Crippen molar-refractivity contribution in [3.63, 3.8) is 0 Å². The number of carboxylic acid groups (broad SMARTS) is 1. The highest BCUT2D eigenvalue weighted by Gasteiger charge is 2.36. The van der Waals surface area contributed by atoms with Gasteiger partial charge in [-0.15, -0.1) is 0 Å². The lowest BCUT2D eigenvalue weighted by atomic mass is 9.81. The highest BCUT2D eigenvalue weighted by molar-refractivity contribution is 5.88. The minimum atomic E-state index is -1.13. The summed E-state index contributed by atoms with van der Waals surface area (Å²) in [6, 6.07) is 8.65. The molecule has 0 amide bonds. The summed E-state index contributed by atoms with van der Waals surface area (Å²) in [6.07, 6.45) is 3.40. The first kappa shape index (κ1) is 31.9. The second-order valence-electron chi connectivity index (χ2n) is 14.0. The van der Waals surface area contributed by atoms with E-state index in [0.29, 0.717) is 17.9 Å². The highest BCUT2D eigenvalue weighted by atomic mass is 16.5. The van der Waals surface area contributed by atoms with Gasteiger partial charge in [0.1, 0.15) is 12.1 Å². The Bertz CT molecular complexity index is 1520. The number of piperidine rings is 1. The molecular weight excluding hydrogens is 554 g/mol. The fourth-order valence-corrected chi connectivity index (χ4v) is 6.44. The number of hydrogen-bond acceptors (Lipinski definition) is 8. The second kappa shape index (κ2) is 12.4. The molecular formula is C35H47N5O4. The first-order valence-corrected chi connectivity index (χ1v) is 15.6. The van der Waals surface area contributed by atoms with Crippen LogP contribution in [0.4, 0.5) is 11.5 Å². The van der Waals surface area contributed by atoms with E-state index in [1.807, 2.05) is 40.7 Å². The summed E-state index contributed by atoms with van der Waals surface area (Å²) >= 11 is 0. The number of carbonyl (C=O) groups is 1. The summed E-state index contributed by atoms with van der Waals surface area (Å²) < 4.78 is 11.5. The molecule has 1 aromatic carbocycles. The molecule has 0 aliphatic carbocycles. The van der Waals surface area contributed by atoms with Crippen molar-refractivity contribution < 1.29 is 19.4 Å². The number of anilines is 2. The van der Waals surface area contributed by atoms with Crippen molar-refractivity contribution in [2.24, 2.45) is 5.41 Å². The lowest BCUT2D eigenvalue weighted by Gasteiger charge is -2.41. The van der Waals surface area contributed by atoms with E-state index in [9.17, 15) is 9.90 Å². The molecule has 44 heavy (non-hydrogen) atoms. The molecule has 4 heterocycles. The molecule has 0 bridgehead atoms. The number of aliphatic carboxylic acids is 1. The Labute approximate surface area is 261 Å². The van der Waals surface area contributed by atoms with Crippen LogP contribution in [0.2, 0.25) is 0 Å². The Morgan fingerprint density at radius 1 is 1.02 bits per heavy atom. The first-order chi connectivity index (χ1) is 20.8. The van der Waals surface area contributed by atoms with Crippen LogP contribution in [0.3, 0.4) is 0 Å². The van der Waals surface area contributed by atoms with E-state index in [2.05, 4.69) is 51.8 Å². The zero-order valence-corrected chi connectivity index (χ0v) is 27.5. The van der Waals surface area contributed by atoms with Gasteiger partial charge in [0.25, 0.3) is 0 Å². The van der Waals surface area contributed by atoms with Gasteiger partial charge in [0.05, 0.1) is 23.6 Å². The number of benzene rings is 1. The number of fused-ring (bicyclic) bond motifs is 1. The van der Waals surface area contributed by atoms with Crippen LogP contribution in [0.5, 0.6) is 0 Å². The summed E-state index contributed by atoms with van der Waals surface area (Å²) in [5.41, 5.74) is 8.28. The largest absolute Gasteiger partial charge is 0.479 e. The standard InChI is InChI=1S/C35H47N5O4/c1-22-29(25-9-10-26-19-40(14-11-24(26)17-25)28-18-27(20-43-8)36-21-37-28)31(39-15-12-35(6,7)13-16-39)30(23(2)38-22)32(33(41)42)44-34(3,4)5/h9-10,17-18,21,32H,11-16,19-20H2,1-8H3,(H,41,42). The third kappa shape index (κ3) is 6.89. The van der Waals surface area contributed by atoms with Gasteiger partial charge in [0.2, 0.25) is 0 Å². The molecule has 9 heteroatoms. The number of pyridine rings is 1. The van der Waals surface area contributed by atoms with E-state index in [-0.39, 0.29) is 5.41 Å². The lowest BCUT2D eigenvalue weighted by Crippen LogP contribution is -2.39. The SMILES string of the molecule is COCc1cc(N2CCc3cc(-c4c(C)nc(C)c(C(OC(C)(C)C)C(=O)O)c4N4CCC(C)(C)CC4)ccc3C2)ncn1. The normalized spacial score (nSPS) is 17.4. The average Bonchev–Trinajstić information content (AvgIpc) is 2.95. The molecule has 2 aromatic heterocycles. The topological polar surface area (TPSA) is 101 Å². The number of nitrogens with zero attached hydrogens (tertiary/aromatic N) is 5. The maximum Gasteiger partial charge on any atom is 0.337 e. The van der Waals surface area contributed by atoms with Crippen molar-refractivity contribution in [3.8, 4) is 11.1 Å². The molecule has 5 rings (SSSR count). The molecule has 236 valence electrons. The summed E-state index contributed by atoms with van der Waals surface area (Å²) in [5, 5.41) is 10.5. The van der Waals surface area contributed by atoms with Crippen molar-refractivity contribution in [3.05, 3.63) is 64.4 Å². The molecule has 2 aliphatic rings. The van der Waals surface area contributed by atoms with Gasteiger partial charge in [0, 0.05) is 61.9 Å². The number of hydrogen-bond donors (Lipinski definition) is 1. The van der Waals surface area contributed by atoms with Crippen molar-refractivity contribution in [2.45, 2.75) is 92.6 Å². The third-order valence-corrected chi connectivity index (χ3v) is 8.80. The van der Waals surface area contributed by atoms with Gasteiger partial charge in [-0.2, -0.15) is 0 Å². The molecule has 2 aliphatic heterocycles. The quantitative estimate of drug-likeness (QED) is 0.313. The molecule has 3 aromatic rings. The zero-order valence-electron chi connectivity index (χ0n) is 27.5. The number of carboxylic acids is 1. The predicted octanol–water partition coefficient (Wildman–Crippen LogP) is 6.43. The molecule has 0 radical (unpaired) electrons. The van der Waals surface area contributed by atoms with Gasteiger partial charge in [-0.05, 0) is 76.0 Å². The summed E-state index contributed by atoms with van der Waals surface area (Å²) in [6.45, 7) is 18.0. The fourth-order valence-electron chi connectivity index (χ4n) is 6.44. The Balaban J connectivity index is 1.59. The average molecular weight is 602 g/mol. The van der Waals surface area contributed by atoms with Gasteiger partial charge in [-0.3, -0.25) is 4.98 Å². The van der Waals surface area contributed by atoms with Gasteiger partial charge in [0.15, 0.2) is 6.10 Å². The Kier molecular flexibility index (Phi) is 9.01. The van der Waals surface area contributed by atoms with E-state index in [0.717, 1.165) is 79.5 Å². The van der Waals surface area contributed by atoms with Crippen LogP contribution in [0, 0.1) is 19.3 Å². The molecule has 1 N–H and O–H groups in total. The maximum atomic E-state index is 12.8. The maximum absolute atomic E-state index is 12.8. The van der Waals surface area contributed by atoms with E-state index < -0.39 is 17.7 Å². The van der Waals surface area contributed by atoms with Crippen LogP contribution in [0.15, 0.2) is 30.6 Å². The summed E-state index contributed by atoms with van der Waals surface area (Å²) in [5.74, 6) is -0.0963. The molecule has 0 spiro atoms. The van der Waals surface area contributed by atoms with Crippen molar-refractivity contribution in [1.82, 2.24) is 15.0 Å². The number of ether oxygens (including phenoxy) is 2. The van der Waals surface area contributed by atoms with Gasteiger partial charge in [-0.25, -0.2) is 14.8 Å². The summed E-state index contributed by atoms with van der Waals surface area (Å²) in [4.78, 5) is 31.3. The fraction of sp³-hybridized carbons (Fsp3) is 0.543. The smallest absolute Gasteiger partial charge is 0.337 e. The number of aromatic nitrogens is 3. The lowest BCUT2D eigenvalue weighted by molar-refractivity contribution is -0.160. The Hall–Kier alpha value is -3.56. The van der Waals surface area contributed by atoms with Crippen molar-refractivity contribution in [1.29, 1.82) is 0 Å². The molecule has 9 nitrogen and oxygen atoms in total. The monoisotopic (exact) mass is 601 g/mol. The van der Waals surface area contributed by atoms with E-state index in [4.69, 9.17) is 14.5 Å². The molecule has 1 saturated heterocycles. The number of methoxy groups -OCH3 is 1. The van der Waals surface area contributed by atoms with E-state index >= 15 is 0 Å². The first-order valence-electron chi connectivity index (χ1n) is 15.6. The van der Waals surface area contributed by atoms with Crippen LogP contribution in [-0.2, 0) is 33.8 Å². The van der Waals surface area contributed by atoms with Crippen molar-refractivity contribution >= 4 is 17.5 Å². The van der Waals surface area contributed by atoms with Crippen molar-refractivity contribution in [2.75, 3.05) is 36.5 Å². The Morgan fingerprint density at radius 3 is 2.41 bits per heavy atom. The van der Waals surface area contributed by atoms with Gasteiger partial charge >= 0.3 is 5.97 Å². The second-order valence-corrected chi connectivity index (χ2v) is 14.0. The molecule has 1 atom stereocenters. The predicted molar refractivity (Wildman–Crippen MR) is 173 cm³/mol. The van der Waals surface area contributed by atoms with Crippen LogP contribution in [-0.4, -0.2) is 58.4 Å². The number of rotatable bonds is 8. The Morgan fingerprint density at radius 2 is 1.75 bits per heavy atom. The van der Waals surface area contributed by atoms with Crippen LogP contribution in [0.1, 0.15) is 87.3 Å². The van der Waals surface area contributed by atoms with E-state index in [1.165, 1.54) is 11.1 Å². The highest BCUT2D eigenvalue weighted by Crippen LogP contribution is 2.45. The zero-order chi connectivity index (χ0) is 31.8. The van der Waals surface area contributed by atoms with Crippen LogP contribution in [0.25, 0.3) is 11.1 Å². The van der Waals surface area contributed by atoms with Crippen LogP contribution < -0.4 is 9.80 Å². The molecule has 1 unspecified atom stereocenters. The summed E-state index contributed by atoms with van der Waals surface area (Å²) in [7, 11) is 1.67. The molecule has 1 fully saturated rings. The molecule has 0 saturated carbocycles. The number of aryl methyl sites for hydroxylation is 2. The minimum Gasteiger partial charge on any atom is -0.479 e. The van der Waals surface area contributed by atoms with Gasteiger partial charge < -0.3 is 24.4 Å². The van der Waals surface area contributed by atoms with E-state index in [1.54, 1.807) is 13.4 Å². The minimum absolute atomic E-state index is 0.244.